The number of hydrogen-bond acceptors (Lipinski definition) is 6. The first-order valence-corrected chi connectivity index (χ1v) is 12.0. The molecule has 5 heterocycles. The van der Waals surface area contributed by atoms with E-state index >= 15 is 0 Å². The molecule has 0 amide bonds. The minimum absolute atomic E-state index is 0.0712. The molecular weight excluding hydrogens is 456 g/mol. The van der Waals surface area contributed by atoms with Gasteiger partial charge in [-0.1, -0.05) is 30.3 Å². The zero-order valence-electron chi connectivity index (χ0n) is 19.7. The van der Waals surface area contributed by atoms with E-state index in [1.807, 2.05) is 43.6 Å². The molecule has 9 heteroatoms. The van der Waals surface area contributed by atoms with Crippen molar-refractivity contribution in [3.8, 4) is 11.3 Å². The highest BCUT2D eigenvalue weighted by molar-refractivity contribution is 5.97. The summed E-state index contributed by atoms with van der Waals surface area (Å²) < 4.78 is 9.48. The molecule has 9 nitrogen and oxygen atoms in total. The van der Waals surface area contributed by atoms with E-state index in [4.69, 9.17) is 14.7 Å². The molecule has 1 aliphatic heterocycles. The smallest absolute Gasteiger partial charge is 0.341 e. The largest absolute Gasteiger partial charge is 0.477 e. The Hall–Kier alpha value is -4.24. The molecule has 7 rings (SSSR count). The predicted octanol–water partition coefficient (Wildman–Crippen LogP) is 3.90. The van der Waals surface area contributed by atoms with Gasteiger partial charge in [0.05, 0.1) is 25.1 Å². The van der Waals surface area contributed by atoms with Gasteiger partial charge in [0.25, 0.3) is 0 Å². The van der Waals surface area contributed by atoms with Crippen molar-refractivity contribution in [3.63, 3.8) is 0 Å². The van der Waals surface area contributed by atoms with Crippen LogP contribution < -0.4 is 4.90 Å². The fourth-order valence-electron chi connectivity index (χ4n) is 5.58. The maximum absolute atomic E-state index is 12.0. The van der Waals surface area contributed by atoms with Gasteiger partial charge in [0.15, 0.2) is 5.65 Å². The number of aromatic nitrogens is 5. The summed E-state index contributed by atoms with van der Waals surface area (Å²) in [5.74, 6) is 0.743. The van der Waals surface area contributed by atoms with Crippen LogP contribution in [-0.2, 0) is 11.3 Å². The topological polar surface area (TPSA) is 97.8 Å². The highest BCUT2D eigenvalue weighted by Crippen LogP contribution is 2.55. The van der Waals surface area contributed by atoms with Crippen LogP contribution in [0, 0.1) is 11.8 Å². The maximum atomic E-state index is 12.0. The van der Waals surface area contributed by atoms with Crippen molar-refractivity contribution >= 4 is 28.5 Å². The van der Waals surface area contributed by atoms with E-state index in [-0.39, 0.29) is 5.56 Å². The van der Waals surface area contributed by atoms with Crippen molar-refractivity contribution in [2.45, 2.75) is 12.6 Å². The van der Waals surface area contributed by atoms with Gasteiger partial charge < -0.3 is 19.3 Å². The third-order valence-electron chi connectivity index (χ3n) is 7.43. The van der Waals surface area contributed by atoms with Gasteiger partial charge in [0, 0.05) is 60.9 Å². The second-order valence-electron chi connectivity index (χ2n) is 9.62. The fraction of sp³-hybridized carbons (Fsp3) is 0.259. The molecule has 2 fully saturated rings. The van der Waals surface area contributed by atoms with Crippen LogP contribution in [0.3, 0.4) is 0 Å². The summed E-state index contributed by atoms with van der Waals surface area (Å²) in [6, 6.07) is 16.5. The van der Waals surface area contributed by atoms with E-state index < -0.39 is 5.97 Å². The number of ether oxygens (including phenoxy) is 1. The molecule has 1 unspecified atom stereocenters. The minimum Gasteiger partial charge on any atom is -0.477 e. The summed E-state index contributed by atoms with van der Waals surface area (Å²) in [6.07, 6.45) is 5.30. The van der Waals surface area contributed by atoms with Crippen LogP contribution >= 0.6 is 0 Å². The number of nitrogens with zero attached hydrogens (tertiary/aromatic N) is 6. The summed E-state index contributed by atoms with van der Waals surface area (Å²) in [5.41, 5.74) is 4.07. The number of carboxylic acid groups (broad SMARTS) is 1. The molecular formula is C27H24N6O3. The maximum Gasteiger partial charge on any atom is 0.341 e. The monoisotopic (exact) mass is 480 g/mol. The predicted molar refractivity (Wildman–Crippen MR) is 134 cm³/mol. The van der Waals surface area contributed by atoms with Gasteiger partial charge >= 0.3 is 5.97 Å². The lowest BCUT2D eigenvalue weighted by molar-refractivity contribution is 0.0698. The van der Waals surface area contributed by atoms with Gasteiger partial charge in [-0.3, -0.25) is 0 Å². The second kappa shape index (κ2) is 7.89. The summed E-state index contributed by atoms with van der Waals surface area (Å²) >= 11 is 0. The van der Waals surface area contributed by atoms with Crippen molar-refractivity contribution in [2.24, 2.45) is 11.8 Å². The second-order valence-corrected chi connectivity index (χ2v) is 9.62. The average molecular weight is 481 g/mol. The molecule has 0 bridgehead atoms. The molecule has 1 N–H and O–H groups in total. The lowest BCUT2D eigenvalue weighted by Crippen LogP contribution is -2.20. The molecule has 4 aromatic heterocycles. The molecule has 5 aromatic rings. The quantitative estimate of drug-likeness (QED) is 0.394. The van der Waals surface area contributed by atoms with Crippen LogP contribution in [0.2, 0.25) is 0 Å². The van der Waals surface area contributed by atoms with Crippen LogP contribution in [0.15, 0.2) is 67.1 Å². The van der Waals surface area contributed by atoms with E-state index in [0.29, 0.717) is 35.8 Å². The number of benzene rings is 1. The number of carboxylic acids is 1. The Morgan fingerprint density at radius 1 is 1.14 bits per heavy atom. The Balaban J connectivity index is 1.40. The lowest BCUT2D eigenvalue weighted by atomic mass is 10.1. The average Bonchev–Trinajstić information content (AvgIpc) is 3.30. The van der Waals surface area contributed by atoms with E-state index in [1.165, 1.54) is 6.20 Å². The number of anilines is 1. The van der Waals surface area contributed by atoms with Crippen LogP contribution in [0.4, 0.5) is 5.82 Å². The summed E-state index contributed by atoms with van der Waals surface area (Å²) in [5, 5.41) is 15.2. The molecule has 2 aliphatic rings. The molecule has 36 heavy (non-hydrogen) atoms. The molecule has 1 aliphatic carbocycles. The Labute approximate surface area is 206 Å². The highest BCUT2D eigenvalue weighted by Gasteiger charge is 2.55. The summed E-state index contributed by atoms with van der Waals surface area (Å²) in [4.78, 5) is 23.6. The van der Waals surface area contributed by atoms with Crippen molar-refractivity contribution in [2.75, 3.05) is 25.2 Å². The van der Waals surface area contributed by atoms with Crippen molar-refractivity contribution in [3.05, 3.63) is 78.2 Å². The van der Waals surface area contributed by atoms with Crippen molar-refractivity contribution in [1.29, 1.82) is 0 Å². The molecule has 1 saturated heterocycles. The Morgan fingerprint density at radius 3 is 2.72 bits per heavy atom. The van der Waals surface area contributed by atoms with Crippen LogP contribution in [-0.4, -0.2) is 55.5 Å². The normalized spacial score (nSPS) is 20.6. The van der Waals surface area contributed by atoms with Gasteiger partial charge in [-0.2, -0.15) is 9.61 Å². The molecule has 1 aromatic carbocycles. The van der Waals surface area contributed by atoms with E-state index in [2.05, 4.69) is 39.0 Å². The Kier molecular flexibility index (Phi) is 4.62. The van der Waals surface area contributed by atoms with Crippen LogP contribution in [0.5, 0.6) is 0 Å². The molecule has 0 spiro atoms. The van der Waals surface area contributed by atoms with Crippen LogP contribution in [0.1, 0.15) is 22.0 Å². The number of aromatic carboxylic acids is 1. The Morgan fingerprint density at radius 2 is 1.94 bits per heavy atom. The zero-order valence-corrected chi connectivity index (χ0v) is 19.7. The minimum atomic E-state index is -1.05. The highest BCUT2D eigenvalue weighted by atomic mass is 16.5. The van der Waals surface area contributed by atoms with Gasteiger partial charge in [-0.05, 0) is 17.7 Å². The van der Waals surface area contributed by atoms with E-state index in [1.54, 1.807) is 4.52 Å². The van der Waals surface area contributed by atoms with Crippen molar-refractivity contribution in [1.82, 2.24) is 24.1 Å². The van der Waals surface area contributed by atoms with E-state index in [9.17, 15) is 9.90 Å². The third kappa shape index (κ3) is 3.20. The first-order chi connectivity index (χ1) is 17.6. The van der Waals surface area contributed by atoms with Gasteiger partial charge in [0.2, 0.25) is 0 Å². The Bertz CT molecular complexity index is 1620. The first-order valence-electron chi connectivity index (χ1n) is 12.0. The van der Waals surface area contributed by atoms with Crippen molar-refractivity contribution < 1.29 is 14.6 Å². The number of carbonyl (C=O) groups is 1. The number of rotatable bonds is 6. The SMILES string of the molecule is CN(Cc1ccccc1)c1cc(-c2cn(C3[C@H]4COC[C@@H]34)c3ncccc23)nc2c(C(=O)O)cnn12. The van der Waals surface area contributed by atoms with E-state index in [0.717, 1.165) is 41.2 Å². The number of hydrogen-bond donors (Lipinski definition) is 1. The lowest BCUT2D eigenvalue weighted by Gasteiger charge is -2.21. The van der Waals surface area contributed by atoms with Crippen LogP contribution in [0.25, 0.3) is 27.9 Å². The molecule has 3 atom stereocenters. The summed E-state index contributed by atoms with van der Waals surface area (Å²) in [7, 11) is 1.98. The van der Waals surface area contributed by atoms with Gasteiger partial charge in [0.1, 0.15) is 17.0 Å². The van der Waals surface area contributed by atoms with Gasteiger partial charge in [-0.15, -0.1) is 0 Å². The third-order valence-corrected chi connectivity index (χ3v) is 7.43. The molecule has 0 radical (unpaired) electrons. The number of pyridine rings is 1. The molecule has 180 valence electrons. The standard InChI is InChI=1S/C27H24N6O3/c1-31(12-16-6-3-2-4-7-16)23-10-22(30-26-18(27(34)35)11-29-33(23)26)19-13-32(24-20-14-36-15-21(20)24)25-17(19)8-5-9-28-25/h2-11,13,20-21,24H,12,14-15H2,1H3,(H,34,35)/t20-,21+,24?. The zero-order chi connectivity index (χ0) is 24.4. The molecule has 1 saturated carbocycles. The fourth-order valence-corrected chi connectivity index (χ4v) is 5.58. The first kappa shape index (κ1) is 21.1. The number of fused-ring (bicyclic) bond motifs is 3. The summed E-state index contributed by atoms with van der Waals surface area (Å²) in [6.45, 7) is 2.21. The van der Waals surface area contributed by atoms with Gasteiger partial charge in [-0.25, -0.2) is 14.8 Å².